The lowest BCUT2D eigenvalue weighted by atomic mass is 9.71. The number of hydrogen-bond acceptors (Lipinski definition) is 3. The maximum Gasteiger partial charge on any atom is 0.183 e. The van der Waals surface area contributed by atoms with E-state index in [1.807, 2.05) is 0 Å². The van der Waals surface area contributed by atoms with Crippen LogP contribution in [0.4, 0.5) is 0 Å². The third kappa shape index (κ3) is 3.07. The van der Waals surface area contributed by atoms with Gasteiger partial charge in [-0.3, -0.25) is 0 Å². The maximum atomic E-state index is 12.7. The van der Waals surface area contributed by atoms with Crippen molar-refractivity contribution in [2.75, 3.05) is 0 Å². The zero-order valence-electron chi connectivity index (χ0n) is 12.4. The summed E-state index contributed by atoms with van der Waals surface area (Å²) in [4.78, 5) is 0.318. The van der Waals surface area contributed by atoms with Gasteiger partial charge in [0.25, 0.3) is 0 Å². The molecular formula is C16H24O3S. The first-order valence-corrected chi connectivity index (χ1v) is 8.74. The fourth-order valence-electron chi connectivity index (χ4n) is 3.02. The first-order chi connectivity index (χ1) is 9.23. The Hall–Kier alpha value is -0.870. The van der Waals surface area contributed by atoms with Gasteiger partial charge in [-0.1, -0.05) is 39.0 Å². The predicted molar refractivity (Wildman–Crippen MR) is 80.2 cm³/mol. The summed E-state index contributed by atoms with van der Waals surface area (Å²) in [6.07, 6.45) is 1.25. The highest BCUT2D eigenvalue weighted by Gasteiger charge is 2.42. The topological polar surface area (TPSA) is 54.4 Å². The van der Waals surface area contributed by atoms with E-state index in [1.165, 1.54) is 0 Å². The molecule has 1 N–H and O–H groups in total. The number of sulfone groups is 1. The Labute approximate surface area is 121 Å². The fourth-order valence-corrected chi connectivity index (χ4v) is 4.94. The second-order valence-electron chi connectivity index (χ2n) is 6.84. The smallest absolute Gasteiger partial charge is 0.183 e. The molecule has 1 saturated carbocycles. The van der Waals surface area contributed by atoms with Gasteiger partial charge in [-0.2, -0.15) is 0 Å². The molecule has 0 bridgehead atoms. The minimum atomic E-state index is -3.45. The summed E-state index contributed by atoms with van der Waals surface area (Å²) in [6, 6.07) is 8.48. The molecular weight excluding hydrogens is 272 g/mol. The van der Waals surface area contributed by atoms with Crippen LogP contribution in [0.2, 0.25) is 0 Å². The SMILES string of the molecule is CC(C)(C)[C@@H]1CC[C@@H](O)[C@@H](S(=O)(=O)c2ccccc2)C1. The molecule has 0 radical (unpaired) electrons. The van der Waals surface area contributed by atoms with Crippen LogP contribution >= 0.6 is 0 Å². The van der Waals surface area contributed by atoms with E-state index >= 15 is 0 Å². The molecule has 1 aliphatic rings. The van der Waals surface area contributed by atoms with Crippen molar-refractivity contribution in [3.8, 4) is 0 Å². The lowest BCUT2D eigenvalue weighted by molar-refractivity contribution is 0.0757. The van der Waals surface area contributed by atoms with Gasteiger partial charge in [-0.15, -0.1) is 0 Å². The van der Waals surface area contributed by atoms with E-state index in [1.54, 1.807) is 30.3 Å². The van der Waals surface area contributed by atoms with E-state index in [9.17, 15) is 13.5 Å². The minimum absolute atomic E-state index is 0.0740. The number of aliphatic hydroxyl groups is 1. The highest BCUT2D eigenvalue weighted by molar-refractivity contribution is 7.92. The molecule has 4 heteroatoms. The highest BCUT2D eigenvalue weighted by atomic mass is 32.2. The van der Waals surface area contributed by atoms with E-state index in [-0.39, 0.29) is 5.41 Å². The molecule has 0 spiro atoms. The van der Waals surface area contributed by atoms with Crippen LogP contribution in [0.5, 0.6) is 0 Å². The summed E-state index contributed by atoms with van der Waals surface area (Å²) < 4.78 is 25.4. The molecule has 1 aromatic rings. The normalized spacial score (nSPS) is 28.3. The molecule has 20 heavy (non-hydrogen) atoms. The third-order valence-corrected chi connectivity index (χ3v) is 6.68. The van der Waals surface area contributed by atoms with Gasteiger partial charge in [0.1, 0.15) is 0 Å². The minimum Gasteiger partial charge on any atom is -0.392 e. The molecule has 3 nitrogen and oxygen atoms in total. The second-order valence-corrected chi connectivity index (χ2v) is 9.01. The lowest BCUT2D eigenvalue weighted by Gasteiger charge is -2.39. The Bertz CT molecular complexity index is 543. The Kier molecular flexibility index (Phi) is 4.26. The average Bonchev–Trinajstić information content (AvgIpc) is 2.38. The van der Waals surface area contributed by atoms with Crippen molar-refractivity contribution >= 4 is 9.84 Å². The van der Waals surface area contributed by atoms with E-state index in [2.05, 4.69) is 20.8 Å². The van der Waals surface area contributed by atoms with Crippen LogP contribution in [0, 0.1) is 11.3 Å². The Balaban J connectivity index is 2.30. The van der Waals surface area contributed by atoms with Crippen LogP contribution in [0.3, 0.4) is 0 Å². The number of rotatable bonds is 2. The quantitative estimate of drug-likeness (QED) is 0.912. The van der Waals surface area contributed by atoms with Crippen molar-refractivity contribution in [3.63, 3.8) is 0 Å². The van der Waals surface area contributed by atoms with E-state index in [0.717, 1.165) is 6.42 Å². The lowest BCUT2D eigenvalue weighted by Crippen LogP contribution is -2.42. The van der Waals surface area contributed by atoms with Crippen molar-refractivity contribution in [1.29, 1.82) is 0 Å². The molecule has 0 aromatic heterocycles. The summed E-state index contributed by atoms with van der Waals surface area (Å²) in [5.74, 6) is 0.328. The van der Waals surface area contributed by atoms with Crippen molar-refractivity contribution in [2.45, 2.75) is 56.3 Å². The molecule has 1 aromatic carbocycles. The van der Waals surface area contributed by atoms with Gasteiger partial charge in [0.15, 0.2) is 9.84 Å². The van der Waals surface area contributed by atoms with Crippen LogP contribution in [0.25, 0.3) is 0 Å². The van der Waals surface area contributed by atoms with E-state index in [0.29, 0.717) is 23.7 Å². The van der Waals surface area contributed by atoms with Crippen LogP contribution in [0.15, 0.2) is 35.2 Å². The number of benzene rings is 1. The molecule has 0 amide bonds. The monoisotopic (exact) mass is 296 g/mol. The Morgan fingerprint density at radius 3 is 2.25 bits per heavy atom. The Morgan fingerprint density at radius 1 is 1.10 bits per heavy atom. The van der Waals surface area contributed by atoms with Crippen LogP contribution in [0.1, 0.15) is 40.0 Å². The van der Waals surface area contributed by atoms with Crippen molar-refractivity contribution in [3.05, 3.63) is 30.3 Å². The largest absolute Gasteiger partial charge is 0.392 e. The van der Waals surface area contributed by atoms with E-state index < -0.39 is 21.2 Å². The number of hydrogen-bond donors (Lipinski definition) is 1. The third-order valence-electron chi connectivity index (χ3n) is 4.45. The molecule has 0 aliphatic heterocycles. The first-order valence-electron chi connectivity index (χ1n) is 7.20. The second kappa shape index (κ2) is 5.49. The summed E-state index contributed by atoms with van der Waals surface area (Å²) in [7, 11) is -3.45. The van der Waals surface area contributed by atoms with Crippen molar-refractivity contribution in [1.82, 2.24) is 0 Å². The van der Waals surface area contributed by atoms with Gasteiger partial charge in [-0.25, -0.2) is 8.42 Å². The molecule has 3 atom stereocenters. The molecule has 1 aliphatic carbocycles. The van der Waals surface area contributed by atoms with Gasteiger partial charge < -0.3 is 5.11 Å². The van der Waals surface area contributed by atoms with Gasteiger partial charge in [0, 0.05) is 0 Å². The van der Waals surface area contributed by atoms with Crippen molar-refractivity contribution in [2.24, 2.45) is 11.3 Å². The standard InChI is InChI=1S/C16H24O3S/c1-16(2,3)12-9-10-14(17)15(11-12)20(18,19)13-7-5-4-6-8-13/h4-8,12,14-15,17H,9-11H2,1-3H3/t12-,14-,15+/m1/s1. The Morgan fingerprint density at radius 2 is 1.70 bits per heavy atom. The van der Waals surface area contributed by atoms with Crippen LogP contribution in [-0.4, -0.2) is 24.9 Å². The first kappa shape index (κ1) is 15.5. The van der Waals surface area contributed by atoms with Gasteiger partial charge in [0.05, 0.1) is 16.2 Å². The molecule has 0 saturated heterocycles. The molecule has 1 fully saturated rings. The predicted octanol–water partition coefficient (Wildman–Crippen LogP) is 3.04. The average molecular weight is 296 g/mol. The molecule has 0 heterocycles. The van der Waals surface area contributed by atoms with Gasteiger partial charge in [0.2, 0.25) is 0 Å². The summed E-state index contributed by atoms with van der Waals surface area (Å²) >= 11 is 0. The summed E-state index contributed by atoms with van der Waals surface area (Å²) in [5, 5.41) is 9.49. The van der Waals surface area contributed by atoms with Crippen molar-refractivity contribution < 1.29 is 13.5 Å². The van der Waals surface area contributed by atoms with Gasteiger partial charge >= 0.3 is 0 Å². The van der Waals surface area contributed by atoms with Crippen LogP contribution in [-0.2, 0) is 9.84 Å². The maximum absolute atomic E-state index is 12.7. The zero-order chi connectivity index (χ0) is 15.0. The molecule has 112 valence electrons. The van der Waals surface area contributed by atoms with Gasteiger partial charge in [-0.05, 0) is 42.7 Å². The summed E-state index contributed by atoms with van der Waals surface area (Å²) in [5.41, 5.74) is 0.0740. The summed E-state index contributed by atoms with van der Waals surface area (Å²) in [6.45, 7) is 6.42. The highest BCUT2D eigenvalue weighted by Crippen LogP contribution is 2.41. The fraction of sp³-hybridized carbons (Fsp3) is 0.625. The van der Waals surface area contributed by atoms with E-state index in [4.69, 9.17) is 0 Å². The zero-order valence-corrected chi connectivity index (χ0v) is 13.2. The molecule has 0 unspecified atom stereocenters. The van der Waals surface area contributed by atoms with Crippen LogP contribution < -0.4 is 0 Å². The number of aliphatic hydroxyl groups excluding tert-OH is 1. The molecule has 2 rings (SSSR count).